The van der Waals surface area contributed by atoms with E-state index in [1.807, 2.05) is 11.8 Å². The van der Waals surface area contributed by atoms with E-state index in [-0.39, 0.29) is 12.0 Å². The van der Waals surface area contributed by atoms with Gasteiger partial charge in [0.05, 0.1) is 11.8 Å². The topological polar surface area (TPSA) is 69.6 Å². The van der Waals surface area contributed by atoms with Gasteiger partial charge in [-0.3, -0.25) is 9.69 Å². The Morgan fingerprint density at radius 1 is 1.30 bits per heavy atom. The van der Waals surface area contributed by atoms with Crippen molar-refractivity contribution in [3.05, 3.63) is 10.6 Å². The summed E-state index contributed by atoms with van der Waals surface area (Å²) in [5, 5.41) is 13.5. The van der Waals surface area contributed by atoms with Gasteiger partial charge in [0.1, 0.15) is 4.88 Å². The molecule has 2 aliphatic heterocycles. The lowest BCUT2D eigenvalue weighted by Crippen LogP contribution is -2.46. The van der Waals surface area contributed by atoms with Crippen molar-refractivity contribution in [2.75, 3.05) is 26.2 Å². The molecular weight excluding hydrogens is 276 g/mol. The van der Waals surface area contributed by atoms with Crippen molar-refractivity contribution in [1.82, 2.24) is 19.4 Å². The van der Waals surface area contributed by atoms with Crippen molar-refractivity contribution in [2.45, 2.75) is 38.3 Å². The molecule has 0 spiro atoms. The number of aryl methyl sites for hydroxylation is 1. The van der Waals surface area contributed by atoms with Crippen LogP contribution < -0.4 is 0 Å². The number of carbonyl (C=O) groups excluding carboxylic acids is 1. The Labute approximate surface area is 122 Å². The van der Waals surface area contributed by atoms with Crippen LogP contribution in [0.2, 0.25) is 0 Å². The number of aromatic nitrogens is 2. The molecule has 0 saturated carbocycles. The molecule has 0 aromatic carbocycles. The molecule has 0 radical (unpaired) electrons. The Morgan fingerprint density at radius 2 is 2.05 bits per heavy atom. The standard InChI is InChI=1S/C13H20N4O2S/c1-9-12(20-15-14-9)13(19)16-5-2-10(3-6-16)17-7-4-11(18)8-17/h10-11,18H,2-8H2,1H3/t11-/m1/s1. The first-order valence-electron chi connectivity index (χ1n) is 7.15. The lowest BCUT2D eigenvalue weighted by molar-refractivity contribution is 0.0631. The Balaban J connectivity index is 1.56. The quantitative estimate of drug-likeness (QED) is 0.861. The predicted octanol–water partition coefficient (Wildman–Crippen LogP) is 0.518. The molecule has 2 saturated heterocycles. The van der Waals surface area contributed by atoms with Crippen LogP contribution in [0.3, 0.4) is 0 Å². The number of hydrogen-bond donors (Lipinski definition) is 1. The number of β-amino-alcohol motifs (C(OH)–C–C–N with tert-alkyl or cyclic N) is 1. The molecule has 1 aromatic rings. The zero-order chi connectivity index (χ0) is 14.1. The van der Waals surface area contributed by atoms with Crippen molar-refractivity contribution in [2.24, 2.45) is 0 Å². The fourth-order valence-corrected chi connectivity index (χ4v) is 3.73. The molecule has 0 aliphatic carbocycles. The third-order valence-corrected chi connectivity index (χ3v) is 5.12. The number of hydrogen-bond acceptors (Lipinski definition) is 6. The van der Waals surface area contributed by atoms with Gasteiger partial charge in [-0.2, -0.15) is 0 Å². The minimum Gasteiger partial charge on any atom is -0.392 e. The number of likely N-dealkylation sites (tertiary alicyclic amines) is 2. The number of nitrogens with zero attached hydrogens (tertiary/aromatic N) is 4. The highest BCUT2D eigenvalue weighted by Gasteiger charge is 2.32. The normalized spacial score (nSPS) is 25.3. The minimum atomic E-state index is -0.166. The lowest BCUT2D eigenvalue weighted by Gasteiger charge is -2.36. The van der Waals surface area contributed by atoms with Crippen molar-refractivity contribution >= 4 is 17.4 Å². The Hall–Kier alpha value is -1.05. The van der Waals surface area contributed by atoms with Crippen molar-refractivity contribution in [3.63, 3.8) is 0 Å². The van der Waals surface area contributed by atoms with Crippen LogP contribution in [-0.2, 0) is 0 Å². The molecule has 2 aliphatic rings. The number of amides is 1. The zero-order valence-electron chi connectivity index (χ0n) is 11.7. The molecule has 3 heterocycles. The molecule has 0 bridgehead atoms. The van der Waals surface area contributed by atoms with Gasteiger partial charge in [0.25, 0.3) is 5.91 Å². The molecular formula is C13H20N4O2S. The number of carbonyl (C=O) groups is 1. The molecule has 2 fully saturated rings. The Bertz CT molecular complexity index is 484. The largest absolute Gasteiger partial charge is 0.392 e. The molecule has 1 N–H and O–H groups in total. The zero-order valence-corrected chi connectivity index (χ0v) is 12.5. The SMILES string of the molecule is Cc1nnsc1C(=O)N1CCC(N2CC[C@@H](O)C2)CC1. The minimum absolute atomic E-state index is 0.0670. The second-order valence-electron chi connectivity index (χ2n) is 5.65. The summed E-state index contributed by atoms with van der Waals surface area (Å²) in [6.07, 6.45) is 2.69. The number of rotatable bonds is 2. The van der Waals surface area contributed by atoms with Gasteiger partial charge in [0, 0.05) is 32.2 Å². The fourth-order valence-electron chi connectivity index (χ4n) is 3.11. The van der Waals surface area contributed by atoms with Crippen LogP contribution in [0.25, 0.3) is 0 Å². The van der Waals surface area contributed by atoms with Gasteiger partial charge in [-0.05, 0) is 37.7 Å². The average molecular weight is 296 g/mol. The molecule has 6 nitrogen and oxygen atoms in total. The summed E-state index contributed by atoms with van der Waals surface area (Å²) < 4.78 is 3.83. The van der Waals surface area contributed by atoms with Crippen molar-refractivity contribution in [3.8, 4) is 0 Å². The monoisotopic (exact) mass is 296 g/mol. The molecule has 1 atom stereocenters. The van der Waals surface area contributed by atoms with E-state index in [9.17, 15) is 9.90 Å². The molecule has 110 valence electrons. The van der Waals surface area contributed by atoms with Crippen LogP contribution in [0.1, 0.15) is 34.6 Å². The second-order valence-corrected chi connectivity index (χ2v) is 6.40. The summed E-state index contributed by atoms with van der Waals surface area (Å²) in [5.74, 6) is 0.0670. The van der Waals surface area contributed by atoms with Crippen molar-refractivity contribution < 1.29 is 9.90 Å². The molecule has 3 rings (SSSR count). The first kappa shape index (κ1) is 13.9. The third-order valence-electron chi connectivity index (χ3n) is 4.31. The van der Waals surface area contributed by atoms with Crippen LogP contribution in [0.15, 0.2) is 0 Å². The average Bonchev–Trinajstić information content (AvgIpc) is 3.07. The van der Waals surface area contributed by atoms with Gasteiger partial charge in [-0.25, -0.2) is 0 Å². The summed E-state index contributed by atoms with van der Waals surface area (Å²) in [4.78, 5) is 17.3. The smallest absolute Gasteiger partial charge is 0.267 e. The van der Waals surface area contributed by atoms with E-state index in [0.717, 1.165) is 51.1 Å². The Morgan fingerprint density at radius 3 is 2.60 bits per heavy atom. The predicted molar refractivity (Wildman–Crippen MR) is 75.8 cm³/mol. The van der Waals surface area contributed by atoms with Gasteiger partial charge >= 0.3 is 0 Å². The summed E-state index contributed by atoms with van der Waals surface area (Å²) in [7, 11) is 0. The van der Waals surface area contributed by atoms with E-state index in [1.54, 1.807) is 0 Å². The molecule has 20 heavy (non-hydrogen) atoms. The summed E-state index contributed by atoms with van der Waals surface area (Å²) >= 11 is 1.18. The van der Waals surface area contributed by atoms with Gasteiger partial charge in [-0.1, -0.05) is 4.49 Å². The summed E-state index contributed by atoms with van der Waals surface area (Å²) in [6.45, 7) is 5.17. The maximum Gasteiger partial charge on any atom is 0.267 e. The second kappa shape index (κ2) is 5.75. The van der Waals surface area contributed by atoms with Crippen molar-refractivity contribution in [1.29, 1.82) is 0 Å². The van der Waals surface area contributed by atoms with Crippen LogP contribution in [0.4, 0.5) is 0 Å². The first-order chi connectivity index (χ1) is 9.65. The van der Waals surface area contributed by atoms with E-state index in [2.05, 4.69) is 14.5 Å². The van der Waals surface area contributed by atoms with Gasteiger partial charge in [0.2, 0.25) is 0 Å². The van der Waals surface area contributed by atoms with Gasteiger partial charge in [-0.15, -0.1) is 5.10 Å². The number of aliphatic hydroxyl groups is 1. The highest BCUT2D eigenvalue weighted by Crippen LogP contribution is 2.23. The van der Waals surface area contributed by atoms with Crippen LogP contribution >= 0.6 is 11.5 Å². The van der Waals surface area contributed by atoms with E-state index in [4.69, 9.17) is 0 Å². The van der Waals surface area contributed by atoms with Gasteiger partial charge in [0.15, 0.2) is 0 Å². The lowest BCUT2D eigenvalue weighted by atomic mass is 10.0. The van der Waals surface area contributed by atoms with E-state index >= 15 is 0 Å². The Kier molecular flexibility index (Phi) is 4.00. The maximum absolute atomic E-state index is 12.4. The molecule has 7 heteroatoms. The van der Waals surface area contributed by atoms with E-state index in [0.29, 0.717) is 10.9 Å². The fraction of sp³-hybridized carbons (Fsp3) is 0.769. The van der Waals surface area contributed by atoms with E-state index < -0.39 is 0 Å². The first-order valence-corrected chi connectivity index (χ1v) is 7.93. The number of piperidine rings is 1. The molecule has 1 amide bonds. The summed E-state index contributed by atoms with van der Waals surface area (Å²) in [6, 6.07) is 0.511. The van der Waals surface area contributed by atoms with E-state index in [1.165, 1.54) is 11.5 Å². The van der Waals surface area contributed by atoms with Gasteiger partial charge < -0.3 is 10.0 Å². The number of aliphatic hydroxyl groups excluding tert-OH is 1. The van der Waals surface area contributed by atoms with Crippen LogP contribution in [0.5, 0.6) is 0 Å². The summed E-state index contributed by atoms with van der Waals surface area (Å²) in [5.41, 5.74) is 0.727. The highest BCUT2D eigenvalue weighted by molar-refractivity contribution is 7.07. The molecule has 0 unspecified atom stereocenters. The molecule has 1 aromatic heterocycles. The van der Waals surface area contributed by atoms with Crippen LogP contribution in [0, 0.1) is 6.92 Å². The van der Waals surface area contributed by atoms with Crippen LogP contribution in [-0.4, -0.2) is 68.7 Å². The maximum atomic E-state index is 12.4. The third kappa shape index (κ3) is 2.70. The highest BCUT2D eigenvalue weighted by atomic mass is 32.1.